The van der Waals surface area contributed by atoms with Crippen LogP contribution in [0.15, 0.2) is 33.8 Å². The molecule has 5 N–H and O–H groups in total. The Morgan fingerprint density at radius 2 is 1.73 bits per heavy atom. The minimum Gasteiger partial charge on any atom is -0.455 e. The topological polar surface area (TPSA) is 122 Å². The number of furan rings is 1. The van der Waals surface area contributed by atoms with Gasteiger partial charge in [-0.3, -0.25) is 25.9 Å². The number of carbonyl (C=O) groups is 2. The summed E-state index contributed by atoms with van der Waals surface area (Å²) >= 11 is 4.84. The number of fused-ring (bicyclic) bond motifs is 1. The normalized spacial score (nSPS) is 15.9. The summed E-state index contributed by atoms with van der Waals surface area (Å²) in [7, 11) is 0. The quantitative estimate of drug-likeness (QED) is 0.441. The Bertz CT molecular complexity index is 1040. The van der Waals surface area contributed by atoms with Crippen molar-refractivity contribution < 1.29 is 14.0 Å². The van der Waals surface area contributed by atoms with Crippen molar-refractivity contribution in [2.45, 2.75) is 40.5 Å². The molecule has 1 aliphatic carbocycles. The van der Waals surface area contributed by atoms with Gasteiger partial charge in [-0.05, 0) is 50.0 Å². The summed E-state index contributed by atoms with van der Waals surface area (Å²) < 4.78 is 5.89. The van der Waals surface area contributed by atoms with Crippen LogP contribution in [0.25, 0.3) is 0 Å². The maximum absolute atomic E-state index is 12.7. The van der Waals surface area contributed by atoms with Gasteiger partial charge in [-0.1, -0.05) is 31.5 Å². The Morgan fingerprint density at radius 3 is 2.37 bits per heavy atom. The lowest BCUT2D eigenvalue weighted by Crippen LogP contribution is -2.41. The van der Waals surface area contributed by atoms with Gasteiger partial charge in [0.15, 0.2) is 10.9 Å². The summed E-state index contributed by atoms with van der Waals surface area (Å²) in [4.78, 5) is 24.9. The molecule has 0 radical (unpaired) electrons. The van der Waals surface area contributed by atoms with Gasteiger partial charge in [-0.2, -0.15) is 5.10 Å². The number of hydrogen-bond donors (Lipinski definition) is 4. The largest absolute Gasteiger partial charge is 0.455 e. The van der Waals surface area contributed by atoms with E-state index in [1.807, 2.05) is 19.1 Å². The average molecular weight is 428 g/mol. The zero-order chi connectivity index (χ0) is 22.1. The van der Waals surface area contributed by atoms with E-state index in [9.17, 15) is 9.59 Å². The Hall–Kier alpha value is -3.20. The maximum atomic E-state index is 12.7. The number of aryl methyl sites for hydroxylation is 1. The molecule has 158 valence electrons. The first-order chi connectivity index (χ1) is 14.1. The first-order valence-electron chi connectivity index (χ1n) is 9.49. The molecule has 0 unspecified atom stereocenters. The summed E-state index contributed by atoms with van der Waals surface area (Å²) in [6.45, 7) is 7.89. The second-order valence-corrected chi connectivity index (χ2v) is 8.62. The summed E-state index contributed by atoms with van der Waals surface area (Å²) in [6.07, 6.45) is 1.32. The minimum absolute atomic E-state index is 0.0605. The molecule has 9 heteroatoms. The smallest absolute Gasteiger partial charge is 0.305 e. The Labute approximate surface area is 180 Å². The van der Waals surface area contributed by atoms with Crippen LogP contribution in [-0.2, 0) is 6.42 Å². The standard InChI is InChI=1S/C21H25N5O3S/c1-11-5-7-13(8-6-11)18(27)24-25-19(28)17-12(2)16-14(23-26-20(22)30)9-21(3,4)10-15(16)29-17/h5-8H,9-10H2,1-4H3,(H,24,27)(H,25,28)(H3,22,26,30)/b23-14-. The predicted molar refractivity (Wildman–Crippen MR) is 118 cm³/mol. The summed E-state index contributed by atoms with van der Waals surface area (Å²) in [5, 5.41) is 4.37. The molecule has 1 aromatic heterocycles. The van der Waals surface area contributed by atoms with Gasteiger partial charge in [-0.15, -0.1) is 0 Å². The van der Waals surface area contributed by atoms with Crippen LogP contribution in [0.1, 0.15) is 63.6 Å². The van der Waals surface area contributed by atoms with Crippen molar-refractivity contribution in [3.05, 3.63) is 58.0 Å². The zero-order valence-corrected chi connectivity index (χ0v) is 18.2. The van der Waals surface area contributed by atoms with E-state index in [1.54, 1.807) is 19.1 Å². The molecular formula is C21H25N5O3S. The molecule has 1 aromatic carbocycles. The van der Waals surface area contributed by atoms with Crippen LogP contribution in [0.2, 0.25) is 0 Å². The van der Waals surface area contributed by atoms with E-state index in [-0.39, 0.29) is 16.3 Å². The van der Waals surface area contributed by atoms with Crippen molar-refractivity contribution in [1.82, 2.24) is 16.3 Å². The lowest BCUT2D eigenvalue weighted by molar-refractivity contribution is 0.0828. The van der Waals surface area contributed by atoms with E-state index >= 15 is 0 Å². The van der Waals surface area contributed by atoms with E-state index in [2.05, 4.69) is 35.2 Å². The highest BCUT2D eigenvalue weighted by Gasteiger charge is 2.36. The van der Waals surface area contributed by atoms with Crippen LogP contribution in [-0.4, -0.2) is 22.6 Å². The average Bonchev–Trinajstić information content (AvgIpc) is 2.99. The van der Waals surface area contributed by atoms with Gasteiger partial charge in [0.25, 0.3) is 5.91 Å². The summed E-state index contributed by atoms with van der Waals surface area (Å²) in [6, 6.07) is 7.02. The second-order valence-electron chi connectivity index (χ2n) is 8.18. The van der Waals surface area contributed by atoms with Crippen molar-refractivity contribution in [3.63, 3.8) is 0 Å². The lowest BCUT2D eigenvalue weighted by Gasteiger charge is -2.29. The number of carbonyl (C=O) groups excluding carboxylic acids is 2. The molecular weight excluding hydrogens is 402 g/mol. The van der Waals surface area contributed by atoms with Gasteiger partial charge in [-0.25, -0.2) is 0 Å². The van der Waals surface area contributed by atoms with Gasteiger partial charge in [0, 0.05) is 23.1 Å². The van der Waals surface area contributed by atoms with E-state index in [0.29, 0.717) is 29.7 Å². The highest BCUT2D eigenvalue weighted by atomic mass is 32.1. The highest BCUT2D eigenvalue weighted by molar-refractivity contribution is 7.80. The first-order valence-corrected chi connectivity index (χ1v) is 9.90. The molecule has 0 aliphatic heterocycles. The number of hydrazone groups is 1. The molecule has 0 bridgehead atoms. The van der Waals surface area contributed by atoms with Gasteiger partial charge in [0.05, 0.1) is 5.71 Å². The number of benzene rings is 1. The molecule has 1 aliphatic rings. The minimum atomic E-state index is -0.540. The number of nitrogens with two attached hydrogens (primary N) is 1. The van der Waals surface area contributed by atoms with E-state index in [1.165, 1.54) is 0 Å². The van der Waals surface area contributed by atoms with E-state index < -0.39 is 11.8 Å². The first kappa shape index (κ1) is 21.5. The van der Waals surface area contributed by atoms with Crippen molar-refractivity contribution >= 4 is 34.9 Å². The molecule has 0 saturated carbocycles. The fraction of sp³-hybridized carbons (Fsp3) is 0.333. The predicted octanol–water partition coefficient (Wildman–Crippen LogP) is 2.48. The fourth-order valence-corrected chi connectivity index (χ4v) is 3.54. The van der Waals surface area contributed by atoms with Gasteiger partial charge < -0.3 is 10.2 Å². The molecule has 0 saturated heterocycles. The Morgan fingerprint density at radius 1 is 1.10 bits per heavy atom. The van der Waals surface area contributed by atoms with Crippen molar-refractivity contribution in [3.8, 4) is 0 Å². The van der Waals surface area contributed by atoms with Gasteiger partial charge in [0.1, 0.15) is 5.76 Å². The van der Waals surface area contributed by atoms with Crippen LogP contribution >= 0.6 is 12.2 Å². The number of hydrazine groups is 1. The number of hydrogen-bond acceptors (Lipinski definition) is 5. The molecule has 30 heavy (non-hydrogen) atoms. The molecule has 0 spiro atoms. The third kappa shape index (κ3) is 4.68. The van der Waals surface area contributed by atoms with Gasteiger partial charge in [0.2, 0.25) is 0 Å². The number of nitrogens with one attached hydrogen (secondary N) is 3. The highest BCUT2D eigenvalue weighted by Crippen LogP contribution is 2.38. The number of thiocarbonyl (C=S) groups is 1. The molecule has 0 atom stereocenters. The molecule has 3 rings (SSSR count). The van der Waals surface area contributed by atoms with Crippen LogP contribution in [0.5, 0.6) is 0 Å². The van der Waals surface area contributed by atoms with Crippen LogP contribution in [0.3, 0.4) is 0 Å². The third-order valence-electron chi connectivity index (χ3n) is 4.90. The zero-order valence-electron chi connectivity index (χ0n) is 17.4. The fourth-order valence-electron chi connectivity index (χ4n) is 3.50. The summed E-state index contributed by atoms with van der Waals surface area (Å²) in [5.41, 5.74) is 16.5. The van der Waals surface area contributed by atoms with E-state index in [4.69, 9.17) is 22.4 Å². The second kappa shape index (κ2) is 8.27. The van der Waals surface area contributed by atoms with Crippen molar-refractivity contribution in [1.29, 1.82) is 0 Å². The van der Waals surface area contributed by atoms with Crippen molar-refractivity contribution in [2.24, 2.45) is 16.3 Å². The molecule has 2 amide bonds. The maximum Gasteiger partial charge on any atom is 0.305 e. The van der Waals surface area contributed by atoms with Crippen LogP contribution < -0.4 is 22.0 Å². The molecule has 2 aromatic rings. The monoisotopic (exact) mass is 427 g/mol. The lowest BCUT2D eigenvalue weighted by atomic mass is 9.75. The Balaban J connectivity index is 1.81. The number of rotatable bonds is 3. The molecule has 1 heterocycles. The van der Waals surface area contributed by atoms with Crippen LogP contribution in [0.4, 0.5) is 0 Å². The SMILES string of the molecule is Cc1ccc(C(=O)NNC(=O)c2oc3c(c2C)/C(=N\NC(N)=S)CC(C)(C)C3)cc1. The van der Waals surface area contributed by atoms with Gasteiger partial charge >= 0.3 is 5.91 Å². The van der Waals surface area contributed by atoms with Crippen LogP contribution in [0, 0.1) is 19.3 Å². The Kier molecular flexibility index (Phi) is 5.93. The number of amides is 2. The number of nitrogens with zero attached hydrogens (tertiary/aromatic N) is 1. The summed E-state index contributed by atoms with van der Waals surface area (Å²) in [5.74, 6) is -0.157. The molecule has 0 fully saturated rings. The molecule has 8 nitrogen and oxygen atoms in total. The van der Waals surface area contributed by atoms with Crippen molar-refractivity contribution in [2.75, 3.05) is 0 Å². The van der Waals surface area contributed by atoms with E-state index in [0.717, 1.165) is 16.8 Å². The third-order valence-corrected chi connectivity index (χ3v) is 5.00.